The van der Waals surface area contributed by atoms with Gasteiger partial charge in [0.15, 0.2) is 0 Å². The van der Waals surface area contributed by atoms with Crippen LogP contribution in [0.25, 0.3) is 11.4 Å². The van der Waals surface area contributed by atoms with Gasteiger partial charge >= 0.3 is 0 Å². The highest BCUT2D eigenvalue weighted by Crippen LogP contribution is 2.10. The summed E-state index contributed by atoms with van der Waals surface area (Å²) >= 11 is 0. The van der Waals surface area contributed by atoms with E-state index < -0.39 is 0 Å². The van der Waals surface area contributed by atoms with Gasteiger partial charge in [-0.15, -0.1) is 0 Å². The van der Waals surface area contributed by atoms with Gasteiger partial charge in [-0.25, -0.2) is 0 Å². The normalized spacial score (nSPS) is 8.92. The Morgan fingerprint density at radius 2 is 1.15 bits per heavy atom. The fraction of sp³-hybridized carbons (Fsp3) is 0.0909. The second kappa shape index (κ2) is 4.36. The van der Waals surface area contributed by atoms with Crippen molar-refractivity contribution in [3.63, 3.8) is 0 Å². The van der Waals surface area contributed by atoms with E-state index in [0.29, 0.717) is 0 Å². The van der Waals surface area contributed by atoms with Gasteiger partial charge in [0.2, 0.25) is 0 Å². The number of hydrogen-bond acceptors (Lipinski definition) is 2. The van der Waals surface area contributed by atoms with E-state index in [1.807, 2.05) is 36.4 Å². The number of rotatable bonds is 1. The molecule has 0 unspecified atom stereocenters. The molecule has 0 saturated heterocycles. The molecule has 2 aromatic rings. The summed E-state index contributed by atoms with van der Waals surface area (Å²) in [7, 11) is 0. The quantitative estimate of drug-likeness (QED) is 0.661. The molecule has 0 aliphatic heterocycles. The molecule has 66 valence electrons. The summed E-state index contributed by atoms with van der Waals surface area (Å²) in [6.07, 6.45) is 3.54. The predicted octanol–water partition coefficient (Wildman–Crippen LogP) is 2.78. The molecule has 0 radical (unpaired) electrons. The van der Waals surface area contributed by atoms with Crippen LogP contribution in [0.5, 0.6) is 0 Å². The van der Waals surface area contributed by atoms with Crippen molar-refractivity contribution >= 4 is 0 Å². The Bertz CT molecular complexity index is 305. The van der Waals surface area contributed by atoms with E-state index in [9.17, 15) is 0 Å². The fourth-order valence-electron chi connectivity index (χ4n) is 1.03. The fourth-order valence-corrected chi connectivity index (χ4v) is 1.03. The van der Waals surface area contributed by atoms with E-state index in [4.69, 9.17) is 0 Å². The Kier molecular flexibility index (Phi) is 3.15. The van der Waals surface area contributed by atoms with E-state index >= 15 is 0 Å². The summed E-state index contributed by atoms with van der Waals surface area (Å²) < 4.78 is 0. The second-order valence-electron chi connectivity index (χ2n) is 2.43. The first kappa shape index (κ1) is 9.39. The molecule has 0 saturated carbocycles. The summed E-state index contributed by atoms with van der Waals surface area (Å²) in [6, 6.07) is 11.6. The maximum Gasteiger partial charge on any atom is 0.0886 e. The molecular weight excluding hydrogens is 160 g/mol. The molecule has 2 heterocycles. The summed E-state index contributed by atoms with van der Waals surface area (Å²) in [5.41, 5.74) is 1.83. The summed E-state index contributed by atoms with van der Waals surface area (Å²) in [5.74, 6) is 0. The first-order valence-corrected chi connectivity index (χ1v) is 3.79. The Morgan fingerprint density at radius 1 is 0.692 bits per heavy atom. The summed E-state index contributed by atoms with van der Waals surface area (Å²) in [6.45, 7) is 0. The van der Waals surface area contributed by atoms with Crippen molar-refractivity contribution in [2.24, 2.45) is 0 Å². The lowest BCUT2D eigenvalue weighted by Gasteiger charge is -1.96. The standard InChI is InChI=1S/C10H8N2.CH4/c1-3-7-11-9(5-1)10-6-2-4-8-12-10;/h1-8H;1H4. The van der Waals surface area contributed by atoms with Crippen molar-refractivity contribution in [3.05, 3.63) is 48.8 Å². The van der Waals surface area contributed by atoms with Gasteiger partial charge in [0.1, 0.15) is 0 Å². The van der Waals surface area contributed by atoms with Gasteiger partial charge in [-0.2, -0.15) is 0 Å². The van der Waals surface area contributed by atoms with Crippen LogP contribution in [0.15, 0.2) is 48.8 Å². The average molecular weight is 172 g/mol. The highest BCUT2D eigenvalue weighted by atomic mass is 14.7. The minimum absolute atomic E-state index is 0. The number of aromatic nitrogens is 2. The molecule has 0 atom stereocenters. The van der Waals surface area contributed by atoms with Gasteiger partial charge in [-0.05, 0) is 24.3 Å². The van der Waals surface area contributed by atoms with Gasteiger partial charge in [-0.3, -0.25) is 9.97 Å². The summed E-state index contributed by atoms with van der Waals surface area (Å²) in [5, 5.41) is 0. The Hall–Kier alpha value is -1.70. The molecule has 2 rings (SSSR count). The van der Waals surface area contributed by atoms with E-state index in [0.717, 1.165) is 11.4 Å². The lowest BCUT2D eigenvalue weighted by Crippen LogP contribution is -1.83. The molecule has 2 aromatic heterocycles. The van der Waals surface area contributed by atoms with Crippen LogP contribution in [0, 0.1) is 0 Å². The van der Waals surface area contributed by atoms with Crippen LogP contribution in [0.1, 0.15) is 7.43 Å². The Balaban J connectivity index is 0.000000845. The van der Waals surface area contributed by atoms with E-state index in [2.05, 4.69) is 9.97 Å². The highest BCUT2D eigenvalue weighted by molar-refractivity contribution is 5.52. The van der Waals surface area contributed by atoms with Gasteiger partial charge in [0.25, 0.3) is 0 Å². The van der Waals surface area contributed by atoms with Gasteiger partial charge in [0.05, 0.1) is 11.4 Å². The number of nitrogens with zero attached hydrogens (tertiary/aromatic N) is 2. The molecular formula is C11H12N2. The molecule has 0 aliphatic rings. The molecule has 0 aliphatic carbocycles. The minimum atomic E-state index is 0. The van der Waals surface area contributed by atoms with Gasteiger partial charge in [-0.1, -0.05) is 19.6 Å². The molecule has 0 aromatic carbocycles. The average Bonchev–Trinajstić information content (AvgIpc) is 2.21. The maximum atomic E-state index is 4.19. The number of pyridine rings is 2. The molecule has 2 heteroatoms. The molecule has 2 nitrogen and oxygen atoms in total. The third-order valence-electron chi connectivity index (χ3n) is 1.59. The molecule has 0 N–H and O–H groups in total. The van der Waals surface area contributed by atoms with Gasteiger partial charge < -0.3 is 0 Å². The Morgan fingerprint density at radius 3 is 1.46 bits per heavy atom. The SMILES string of the molecule is C.c1ccc(-c2ccccn2)nc1. The van der Waals surface area contributed by atoms with Crippen molar-refractivity contribution < 1.29 is 0 Å². The molecule has 0 amide bonds. The smallest absolute Gasteiger partial charge is 0.0886 e. The van der Waals surface area contributed by atoms with Crippen LogP contribution < -0.4 is 0 Å². The molecule has 0 bridgehead atoms. The van der Waals surface area contributed by atoms with Crippen molar-refractivity contribution in [1.29, 1.82) is 0 Å². The highest BCUT2D eigenvalue weighted by Gasteiger charge is 1.95. The Labute approximate surface area is 78.3 Å². The minimum Gasteiger partial charge on any atom is -0.255 e. The van der Waals surface area contributed by atoms with Crippen LogP contribution in [0.4, 0.5) is 0 Å². The van der Waals surface area contributed by atoms with Crippen LogP contribution in [-0.4, -0.2) is 9.97 Å². The van der Waals surface area contributed by atoms with Crippen LogP contribution in [0.3, 0.4) is 0 Å². The first-order chi connectivity index (χ1) is 5.97. The predicted molar refractivity (Wildman–Crippen MR) is 54.2 cm³/mol. The van der Waals surface area contributed by atoms with Gasteiger partial charge in [0, 0.05) is 12.4 Å². The monoisotopic (exact) mass is 172 g/mol. The van der Waals surface area contributed by atoms with Crippen molar-refractivity contribution in [1.82, 2.24) is 9.97 Å². The summed E-state index contributed by atoms with van der Waals surface area (Å²) in [4.78, 5) is 8.37. The molecule has 0 fully saturated rings. The number of hydrogen-bond donors (Lipinski definition) is 0. The third kappa shape index (κ3) is 2.12. The zero-order valence-corrected chi connectivity index (χ0v) is 6.51. The zero-order valence-electron chi connectivity index (χ0n) is 6.51. The largest absolute Gasteiger partial charge is 0.255 e. The van der Waals surface area contributed by atoms with Crippen molar-refractivity contribution in [2.45, 2.75) is 7.43 Å². The van der Waals surface area contributed by atoms with E-state index in [-0.39, 0.29) is 7.43 Å². The lowest BCUT2D eigenvalue weighted by atomic mass is 10.2. The maximum absolute atomic E-state index is 4.19. The first-order valence-electron chi connectivity index (χ1n) is 3.79. The zero-order chi connectivity index (χ0) is 8.23. The lowest BCUT2D eigenvalue weighted by molar-refractivity contribution is 1.25. The van der Waals surface area contributed by atoms with Crippen LogP contribution >= 0.6 is 0 Å². The topological polar surface area (TPSA) is 25.8 Å². The second-order valence-corrected chi connectivity index (χ2v) is 2.43. The molecule has 0 spiro atoms. The van der Waals surface area contributed by atoms with Crippen molar-refractivity contribution in [2.75, 3.05) is 0 Å². The van der Waals surface area contributed by atoms with E-state index in [1.165, 1.54) is 0 Å². The van der Waals surface area contributed by atoms with Crippen LogP contribution in [0.2, 0.25) is 0 Å². The third-order valence-corrected chi connectivity index (χ3v) is 1.59. The molecule has 13 heavy (non-hydrogen) atoms. The van der Waals surface area contributed by atoms with E-state index in [1.54, 1.807) is 12.4 Å². The van der Waals surface area contributed by atoms with Crippen LogP contribution in [-0.2, 0) is 0 Å². The van der Waals surface area contributed by atoms with Crippen molar-refractivity contribution in [3.8, 4) is 11.4 Å².